The Kier molecular flexibility index (Phi) is 27.5. The molecule has 0 aromatic rings. The highest BCUT2D eigenvalue weighted by Crippen LogP contribution is 2.34. The molecule has 0 radical (unpaired) electrons. The van der Waals surface area contributed by atoms with Crippen molar-refractivity contribution in [2.75, 3.05) is 74.0 Å². The van der Waals surface area contributed by atoms with Crippen molar-refractivity contribution < 1.29 is 98.4 Å². The number of hydrogen-bond donors (Lipinski definition) is 19. The zero-order valence-corrected chi connectivity index (χ0v) is 46.0. The SMILES string of the molecule is NCC1O[C@H](O[C@@H]2C(O)[C@@H](O[C@H]3OC(CSCCOCCSSCCOCCSCC4O[C@H](O[C@@H]5C(O)C(O[C@H]6OC(CN)[C@@H](O)CC6N)[C@@H](N)C[C@H]5N)C(O)[C@@H](N)[C@@H]4O)[C@@H](O)C(N)C3O)C(N)C[C@@H]2N)C(O)[C@@H](O)[C@@H]1O. The Morgan fingerprint density at radius 1 is 0.364 bits per heavy atom. The Balaban J connectivity index is 0.806. The molecule has 77 heavy (non-hydrogen) atoms. The van der Waals surface area contributed by atoms with Crippen LogP contribution < -0.4 is 51.6 Å². The van der Waals surface area contributed by atoms with E-state index < -0.39 is 177 Å². The summed E-state index contributed by atoms with van der Waals surface area (Å²) in [6.07, 6.45) is -26.9. The zero-order chi connectivity index (χ0) is 56.2. The third kappa shape index (κ3) is 17.4. The summed E-state index contributed by atoms with van der Waals surface area (Å²) in [6.45, 7) is 1.70. The number of ether oxygens (including phenoxy) is 10. The van der Waals surface area contributed by atoms with Crippen LogP contribution >= 0.6 is 45.1 Å². The van der Waals surface area contributed by atoms with Crippen molar-refractivity contribution in [3.8, 4) is 0 Å². The lowest BCUT2D eigenvalue weighted by Crippen LogP contribution is -2.68. The third-order valence-corrected chi connectivity index (χ3v) is 18.9. The maximum atomic E-state index is 11.4. The number of rotatable bonds is 27. The number of thioether (sulfide) groups is 2. The molecule has 4 aliphatic heterocycles. The van der Waals surface area contributed by atoms with Gasteiger partial charge in [0.05, 0.1) is 81.2 Å². The Hall–Kier alpha value is 0.240. The quantitative estimate of drug-likeness (QED) is 0.0268. The van der Waals surface area contributed by atoms with E-state index in [-0.39, 0.29) is 38.1 Å². The van der Waals surface area contributed by atoms with E-state index in [0.717, 1.165) is 11.5 Å². The molecule has 6 aliphatic rings. The van der Waals surface area contributed by atoms with Crippen LogP contribution in [-0.2, 0) is 47.4 Å². The molecular weight excluding hydrogens is 1100 g/mol. The highest BCUT2D eigenvalue weighted by Gasteiger charge is 2.53. The largest absolute Gasteiger partial charge is 0.390 e. The molecule has 452 valence electrons. The average molecular weight is 1190 g/mol. The van der Waals surface area contributed by atoms with Crippen LogP contribution in [0.15, 0.2) is 0 Å². The van der Waals surface area contributed by atoms with Gasteiger partial charge in [-0.1, -0.05) is 21.6 Å². The van der Waals surface area contributed by atoms with Gasteiger partial charge < -0.3 is 150 Å². The zero-order valence-electron chi connectivity index (χ0n) is 42.7. The van der Waals surface area contributed by atoms with Gasteiger partial charge in [0, 0.05) is 71.8 Å². The summed E-state index contributed by atoms with van der Waals surface area (Å²) in [5, 5.41) is 107. The first-order valence-electron chi connectivity index (χ1n) is 26.0. The van der Waals surface area contributed by atoms with Crippen molar-refractivity contribution >= 4 is 45.1 Å². The Bertz CT molecular complexity index is 1710. The molecule has 0 amide bonds. The molecule has 0 aromatic carbocycles. The monoisotopic (exact) mass is 1190 g/mol. The first-order chi connectivity index (χ1) is 36.7. The first-order valence-corrected chi connectivity index (χ1v) is 30.8. The second kappa shape index (κ2) is 31.9. The van der Waals surface area contributed by atoms with Gasteiger partial charge in [-0.15, -0.1) is 0 Å². The molecule has 4 saturated heterocycles. The molecule has 2 saturated carbocycles. The minimum Gasteiger partial charge on any atom is -0.390 e. The maximum absolute atomic E-state index is 11.4. The van der Waals surface area contributed by atoms with E-state index in [2.05, 4.69) is 0 Å². The Morgan fingerprint density at radius 3 is 1.14 bits per heavy atom. The molecule has 2 aliphatic carbocycles. The van der Waals surface area contributed by atoms with Crippen molar-refractivity contribution in [3.63, 3.8) is 0 Å². The second-order valence-corrected chi connectivity index (χ2v) is 25.2. The van der Waals surface area contributed by atoms with Gasteiger partial charge in [0.2, 0.25) is 0 Å². The van der Waals surface area contributed by atoms with Crippen molar-refractivity contribution in [2.24, 2.45) is 51.6 Å². The highest BCUT2D eigenvalue weighted by atomic mass is 33.1. The molecule has 13 unspecified atom stereocenters. The van der Waals surface area contributed by atoms with E-state index >= 15 is 0 Å². The van der Waals surface area contributed by atoms with E-state index in [1.165, 1.54) is 23.5 Å². The van der Waals surface area contributed by atoms with Gasteiger partial charge in [0.25, 0.3) is 0 Å². The van der Waals surface area contributed by atoms with Gasteiger partial charge in [-0.05, 0) is 19.3 Å². The lowest BCUT2D eigenvalue weighted by Gasteiger charge is -2.48. The molecule has 29 nitrogen and oxygen atoms in total. The normalized spacial score (nSPS) is 47.0. The molecule has 6 fully saturated rings. The lowest BCUT2D eigenvalue weighted by atomic mass is 9.84. The molecule has 28 N–H and O–H groups in total. The van der Waals surface area contributed by atoms with Gasteiger partial charge in [0.15, 0.2) is 25.2 Å². The van der Waals surface area contributed by atoms with Crippen LogP contribution in [0, 0.1) is 0 Å². The fraction of sp³-hybridized carbons (Fsp3) is 1.00. The van der Waals surface area contributed by atoms with Gasteiger partial charge in [-0.2, -0.15) is 23.5 Å². The fourth-order valence-corrected chi connectivity index (χ4v) is 13.5. The summed E-state index contributed by atoms with van der Waals surface area (Å²) in [5.74, 6) is 3.18. The minimum absolute atomic E-state index is 0.0294. The second-order valence-electron chi connectivity index (χ2n) is 20.2. The number of nitrogens with two attached hydrogens (primary N) is 9. The Labute approximate surface area is 463 Å². The molecule has 29 atom stereocenters. The number of hydrogen-bond acceptors (Lipinski definition) is 33. The van der Waals surface area contributed by atoms with E-state index in [0.29, 0.717) is 43.7 Å². The van der Waals surface area contributed by atoms with Crippen molar-refractivity contribution in [1.82, 2.24) is 0 Å². The van der Waals surface area contributed by atoms with Gasteiger partial charge in [-0.3, -0.25) is 0 Å². The van der Waals surface area contributed by atoms with E-state index in [1.54, 1.807) is 21.6 Å². The van der Waals surface area contributed by atoms with Crippen molar-refractivity contribution in [3.05, 3.63) is 0 Å². The summed E-state index contributed by atoms with van der Waals surface area (Å²) < 4.78 is 58.8. The summed E-state index contributed by atoms with van der Waals surface area (Å²) >= 11 is 2.90. The Morgan fingerprint density at radius 2 is 0.727 bits per heavy atom. The maximum Gasteiger partial charge on any atom is 0.187 e. The fourth-order valence-electron chi connectivity index (χ4n) is 9.94. The summed E-state index contributed by atoms with van der Waals surface area (Å²) in [4.78, 5) is 0. The van der Waals surface area contributed by atoms with Crippen LogP contribution in [-0.4, -0.2) is 302 Å². The van der Waals surface area contributed by atoms with E-state index in [1.807, 2.05) is 0 Å². The summed E-state index contributed by atoms with van der Waals surface area (Å²) in [6, 6.07) is -6.22. The van der Waals surface area contributed by atoms with Crippen LogP contribution in [0.25, 0.3) is 0 Å². The standard InChI is InChI=1S/C44H87N9O20S4/c45-12-22-21(54)11-20(51)41(66-22)70-37-16(47)9-17(48)38(35(37)62)71-42-31(58)26(52)28(55)24(68-42)14-74-5-1-64-3-7-76-77-8-4-65-2-6-75-15-25-29(56)27(53)32(59)43(69-25)72-39-18(49)10-19(50)40(36(39)63)73-44-34(61)33(60)30(57)23(13-46)67-44/h16-44,54-63H,1-15,45-53H2/t16-,17+,18?,19-,20?,21-,22?,23?,24?,25?,26-,27?,28+,29+,30+,31?,32?,33-,34?,35?,36?,37?,38-,39-,40-,41+,42+,43+,44+/m0/s1. The van der Waals surface area contributed by atoms with E-state index in [4.69, 9.17) is 99.0 Å². The van der Waals surface area contributed by atoms with Crippen LogP contribution in [0.2, 0.25) is 0 Å². The van der Waals surface area contributed by atoms with Crippen LogP contribution in [0.4, 0.5) is 0 Å². The van der Waals surface area contributed by atoms with Crippen LogP contribution in [0.1, 0.15) is 19.3 Å². The van der Waals surface area contributed by atoms with Crippen molar-refractivity contribution in [2.45, 2.75) is 197 Å². The first kappa shape index (κ1) is 66.4. The third-order valence-electron chi connectivity index (χ3n) is 14.6. The van der Waals surface area contributed by atoms with Crippen LogP contribution in [0.3, 0.4) is 0 Å². The average Bonchev–Trinajstić information content (AvgIpc) is 3.40. The topological polar surface area (TPSA) is 529 Å². The summed E-state index contributed by atoms with van der Waals surface area (Å²) in [5.41, 5.74) is 55.2. The van der Waals surface area contributed by atoms with Gasteiger partial charge in [0.1, 0.15) is 73.2 Å². The number of aliphatic hydroxyl groups excluding tert-OH is 10. The number of aliphatic hydroxyl groups is 10. The molecule has 4 heterocycles. The van der Waals surface area contributed by atoms with Crippen LogP contribution in [0.5, 0.6) is 0 Å². The molecule has 33 heteroatoms. The van der Waals surface area contributed by atoms with E-state index in [9.17, 15) is 51.1 Å². The molecular formula is C44H87N9O20S4. The molecule has 6 rings (SSSR count). The predicted octanol–water partition coefficient (Wildman–Crippen LogP) is -9.68. The smallest absolute Gasteiger partial charge is 0.187 e. The molecule has 0 aromatic heterocycles. The predicted molar refractivity (Wildman–Crippen MR) is 283 cm³/mol. The lowest BCUT2D eigenvalue weighted by molar-refractivity contribution is -0.330. The van der Waals surface area contributed by atoms with Gasteiger partial charge in [-0.25, -0.2) is 0 Å². The van der Waals surface area contributed by atoms with Crippen molar-refractivity contribution in [1.29, 1.82) is 0 Å². The summed E-state index contributed by atoms with van der Waals surface area (Å²) in [7, 11) is 3.28. The highest BCUT2D eigenvalue weighted by molar-refractivity contribution is 8.76. The molecule has 0 bridgehead atoms. The van der Waals surface area contributed by atoms with Gasteiger partial charge >= 0.3 is 0 Å². The molecule has 0 spiro atoms. The minimum atomic E-state index is -1.69.